The highest BCUT2D eigenvalue weighted by molar-refractivity contribution is 6.32. The number of hydrogen-bond acceptors (Lipinski definition) is 4. The average Bonchev–Trinajstić information content (AvgIpc) is 3.05. The number of fused-ring (bicyclic) bond motifs is 1. The Morgan fingerprint density at radius 1 is 1.50 bits per heavy atom. The SMILES string of the molecule is CCC1CN(C(=O)CCn2cncn2)c2cccc(Cl)c2O1. The van der Waals surface area contributed by atoms with Crippen LogP contribution in [-0.4, -0.2) is 33.3 Å². The van der Waals surface area contributed by atoms with Crippen LogP contribution < -0.4 is 9.64 Å². The van der Waals surface area contributed by atoms with Crippen molar-refractivity contribution >= 4 is 23.2 Å². The third-order valence-corrected chi connectivity index (χ3v) is 3.98. The molecule has 2 heterocycles. The number of amides is 1. The molecule has 116 valence electrons. The lowest BCUT2D eigenvalue weighted by Crippen LogP contribution is -2.43. The van der Waals surface area contributed by atoms with E-state index in [1.807, 2.05) is 19.1 Å². The lowest BCUT2D eigenvalue weighted by Gasteiger charge is -2.35. The van der Waals surface area contributed by atoms with Crippen LogP contribution in [0.25, 0.3) is 0 Å². The summed E-state index contributed by atoms with van der Waals surface area (Å²) < 4.78 is 7.54. The molecule has 1 amide bonds. The van der Waals surface area contributed by atoms with E-state index in [1.165, 1.54) is 6.33 Å². The van der Waals surface area contributed by atoms with Gasteiger partial charge in [-0.15, -0.1) is 0 Å². The Hall–Kier alpha value is -2.08. The number of aromatic nitrogens is 3. The number of nitrogens with zero attached hydrogens (tertiary/aromatic N) is 4. The smallest absolute Gasteiger partial charge is 0.229 e. The van der Waals surface area contributed by atoms with Crippen molar-refractivity contribution in [1.29, 1.82) is 0 Å². The predicted octanol–water partition coefficient (Wildman–Crippen LogP) is 2.53. The van der Waals surface area contributed by atoms with Crippen LogP contribution in [0.4, 0.5) is 5.69 Å². The van der Waals surface area contributed by atoms with Gasteiger partial charge in [0.25, 0.3) is 0 Å². The molecule has 0 saturated heterocycles. The summed E-state index contributed by atoms with van der Waals surface area (Å²) in [4.78, 5) is 18.2. The molecule has 1 aliphatic rings. The normalized spacial score (nSPS) is 17.0. The number of anilines is 1. The summed E-state index contributed by atoms with van der Waals surface area (Å²) in [5.41, 5.74) is 0.737. The van der Waals surface area contributed by atoms with Crippen molar-refractivity contribution in [1.82, 2.24) is 14.8 Å². The second-order valence-corrected chi connectivity index (χ2v) is 5.56. The summed E-state index contributed by atoms with van der Waals surface area (Å²) in [6.07, 6.45) is 4.19. The maximum Gasteiger partial charge on any atom is 0.229 e. The van der Waals surface area contributed by atoms with Crippen LogP contribution in [-0.2, 0) is 11.3 Å². The standard InChI is InChI=1S/C15H17ClN4O2/c1-2-11-8-20(13-5-3-4-12(16)15(13)22-11)14(21)6-7-19-10-17-9-18-19/h3-5,9-11H,2,6-8H2,1H3. The molecule has 1 aliphatic heterocycles. The summed E-state index contributed by atoms with van der Waals surface area (Å²) in [6, 6.07) is 5.46. The Morgan fingerprint density at radius 2 is 2.36 bits per heavy atom. The van der Waals surface area contributed by atoms with E-state index in [0.29, 0.717) is 30.3 Å². The average molecular weight is 321 g/mol. The second kappa shape index (κ2) is 6.36. The molecule has 0 aliphatic carbocycles. The van der Waals surface area contributed by atoms with Gasteiger partial charge in [-0.1, -0.05) is 24.6 Å². The molecule has 0 N–H and O–H groups in total. The Balaban J connectivity index is 1.80. The van der Waals surface area contributed by atoms with Crippen LogP contribution in [0.5, 0.6) is 5.75 Å². The monoisotopic (exact) mass is 320 g/mol. The lowest BCUT2D eigenvalue weighted by molar-refractivity contribution is -0.119. The number of carbonyl (C=O) groups is 1. The van der Waals surface area contributed by atoms with Crippen molar-refractivity contribution in [2.75, 3.05) is 11.4 Å². The van der Waals surface area contributed by atoms with Crippen LogP contribution in [0.1, 0.15) is 19.8 Å². The lowest BCUT2D eigenvalue weighted by atomic mass is 10.1. The first-order chi connectivity index (χ1) is 10.7. The number of hydrogen-bond donors (Lipinski definition) is 0. The van der Waals surface area contributed by atoms with E-state index < -0.39 is 0 Å². The van der Waals surface area contributed by atoms with E-state index >= 15 is 0 Å². The minimum atomic E-state index is -0.0391. The van der Waals surface area contributed by atoms with Crippen LogP contribution in [0.15, 0.2) is 30.9 Å². The molecule has 1 atom stereocenters. The van der Waals surface area contributed by atoms with Crippen molar-refractivity contribution in [2.24, 2.45) is 0 Å². The van der Waals surface area contributed by atoms with E-state index in [1.54, 1.807) is 22.0 Å². The van der Waals surface area contributed by atoms with Crippen LogP contribution in [0, 0.1) is 0 Å². The van der Waals surface area contributed by atoms with Crippen molar-refractivity contribution in [2.45, 2.75) is 32.4 Å². The molecule has 1 aromatic heterocycles. The van der Waals surface area contributed by atoms with E-state index in [9.17, 15) is 4.79 Å². The number of carbonyl (C=O) groups excluding carboxylic acids is 1. The maximum atomic E-state index is 12.6. The quantitative estimate of drug-likeness (QED) is 0.868. The number of ether oxygens (including phenoxy) is 1. The highest BCUT2D eigenvalue weighted by Crippen LogP contribution is 2.40. The topological polar surface area (TPSA) is 60.2 Å². The Kier molecular flexibility index (Phi) is 4.29. The fourth-order valence-corrected chi connectivity index (χ4v) is 2.69. The zero-order valence-electron chi connectivity index (χ0n) is 12.3. The zero-order chi connectivity index (χ0) is 15.5. The van der Waals surface area contributed by atoms with Gasteiger partial charge in [0.1, 0.15) is 18.8 Å². The maximum absolute atomic E-state index is 12.6. The Bertz CT molecular complexity index is 660. The first kappa shape index (κ1) is 14.8. The van der Waals surface area contributed by atoms with Gasteiger partial charge >= 0.3 is 0 Å². The number of benzene rings is 1. The second-order valence-electron chi connectivity index (χ2n) is 5.15. The molecule has 1 unspecified atom stereocenters. The minimum Gasteiger partial charge on any atom is -0.485 e. The predicted molar refractivity (Wildman–Crippen MR) is 83.2 cm³/mol. The molecule has 0 saturated carbocycles. The largest absolute Gasteiger partial charge is 0.485 e. The van der Waals surface area contributed by atoms with E-state index in [2.05, 4.69) is 10.1 Å². The summed E-state index contributed by atoms with van der Waals surface area (Å²) in [5, 5.41) is 4.54. The number of para-hydroxylation sites is 1. The van der Waals surface area contributed by atoms with Gasteiger partial charge in [-0.05, 0) is 18.6 Å². The molecule has 2 aromatic rings. The first-order valence-corrected chi connectivity index (χ1v) is 7.64. The van der Waals surface area contributed by atoms with Gasteiger partial charge in [0.2, 0.25) is 5.91 Å². The van der Waals surface area contributed by atoms with Gasteiger partial charge in [0, 0.05) is 6.42 Å². The Labute approximate surface area is 133 Å². The molecule has 0 bridgehead atoms. The van der Waals surface area contributed by atoms with Gasteiger partial charge < -0.3 is 9.64 Å². The van der Waals surface area contributed by atoms with Crippen molar-refractivity contribution in [3.05, 3.63) is 35.9 Å². The van der Waals surface area contributed by atoms with Crippen molar-refractivity contribution in [3.8, 4) is 5.75 Å². The molecule has 0 fully saturated rings. The molecular formula is C15H17ClN4O2. The van der Waals surface area contributed by atoms with Crippen molar-refractivity contribution < 1.29 is 9.53 Å². The molecule has 7 heteroatoms. The summed E-state index contributed by atoms with van der Waals surface area (Å²) >= 11 is 6.21. The zero-order valence-corrected chi connectivity index (χ0v) is 13.0. The van der Waals surface area contributed by atoms with Crippen LogP contribution >= 0.6 is 11.6 Å². The van der Waals surface area contributed by atoms with Gasteiger partial charge in [-0.25, -0.2) is 4.98 Å². The molecule has 1 aromatic carbocycles. The van der Waals surface area contributed by atoms with E-state index in [-0.39, 0.29) is 12.0 Å². The third kappa shape index (κ3) is 2.92. The molecule has 0 radical (unpaired) electrons. The van der Waals surface area contributed by atoms with Crippen LogP contribution in [0.2, 0.25) is 5.02 Å². The number of aryl methyl sites for hydroxylation is 1. The third-order valence-electron chi connectivity index (χ3n) is 3.69. The van der Waals surface area contributed by atoms with Crippen molar-refractivity contribution in [3.63, 3.8) is 0 Å². The van der Waals surface area contributed by atoms with Gasteiger partial charge in [0.15, 0.2) is 5.75 Å². The summed E-state index contributed by atoms with van der Waals surface area (Å²) in [7, 11) is 0. The fourth-order valence-electron chi connectivity index (χ4n) is 2.47. The summed E-state index contributed by atoms with van der Waals surface area (Å²) in [6.45, 7) is 3.08. The highest BCUT2D eigenvalue weighted by Gasteiger charge is 2.30. The molecule has 6 nitrogen and oxygen atoms in total. The van der Waals surface area contributed by atoms with Gasteiger partial charge in [0.05, 0.1) is 23.8 Å². The van der Waals surface area contributed by atoms with E-state index in [0.717, 1.165) is 12.1 Å². The van der Waals surface area contributed by atoms with Gasteiger partial charge in [-0.2, -0.15) is 5.10 Å². The number of halogens is 1. The first-order valence-electron chi connectivity index (χ1n) is 7.27. The molecular weight excluding hydrogens is 304 g/mol. The fraction of sp³-hybridized carbons (Fsp3) is 0.400. The highest BCUT2D eigenvalue weighted by atomic mass is 35.5. The van der Waals surface area contributed by atoms with Crippen LogP contribution in [0.3, 0.4) is 0 Å². The van der Waals surface area contributed by atoms with Gasteiger partial charge in [-0.3, -0.25) is 9.48 Å². The molecule has 0 spiro atoms. The summed E-state index contributed by atoms with van der Waals surface area (Å²) in [5.74, 6) is 0.622. The molecule has 3 rings (SSSR count). The number of rotatable bonds is 4. The Morgan fingerprint density at radius 3 is 3.09 bits per heavy atom. The van der Waals surface area contributed by atoms with E-state index in [4.69, 9.17) is 16.3 Å². The molecule has 22 heavy (non-hydrogen) atoms. The minimum absolute atomic E-state index is 0.0285.